The molecule has 1 aromatic carbocycles. The molecule has 0 aliphatic rings. The maximum absolute atomic E-state index is 12.6. The molecule has 0 aliphatic carbocycles. The van der Waals surface area contributed by atoms with Crippen molar-refractivity contribution in [2.45, 2.75) is 44.6 Å². The van der Waals surface area contributed by atoms with Gasteiger partial charge >= 0.3 is 12.4 Å². The summed E-state index contributed by atoms with van der Waals surface area (Å²) in [6, 6.07) is 1.37. The molecule has 1 atom stereocenters. The molecular formula is C13H14F6O. The second-order valence-corrected chi connectivity index (χ2v) is 4.56. The molecule has 0 aliphatic heterocycles. The maximum atomic E-state index is 12.6. The minimum absolute atomic E-state index is 0.0791. The summed E-state index contributed by atoms with van der Waals surface area (Å²) in [5, 5.41) is 9.53. The molecule has 1 aromatic rings. The largest absolute Gasteiger partial charge is 0.416 e. The van der Waals surface area contributed by atoms with E-state index in [0.29, 0.717) is 25.0 Å². The second kappa shape index (κ2) is 6.03. The van der Waals surface area contributed by atoms with Gasteiger partial charge < -0.3 is 5.11 Å². The van der Waals surface area contributed by atoms with Crippen LogP contribution in [0.25, 0.3) is 0 Å². The molecule has 114 valence electrons. The van der Waals surface area contributed by atoms with Gasteiger partial charge in [0.1, 0.15) is 0 Å². The van der Waals surface area contributed by atoms with Crippen LogP contribution < -0.4 is 0 Å². The summed E-state index contributed by atoms with van der Waals surface area (Å²) in [6.45, 7) is 1.76. The van der Waals surface area contributed by atoms with Crippen molar-refractivity contribution in [3.05, 3.63) is 34.9 Å². The smallest absolute Gasteiger partial charge is 0.393 e. The molecule has 1 nitrogen and oxygen atoms in total. The highest BCUT2D eigenvalue weighted by Gasteiger charge is 2.36. The number of hydrogen-bond acceptors (Lipinski definition) is 1. The molecule has 0 spiro atoms. The molecule has 0 radical (unpaired) electrons. The first kappa shape index (κ1) is 16.8. The van der Waals surface area contributed by atoms with Crippen molar-refractivity contribution in [1.29, 1.82) is 0 Å². The van der Waals surface area contributed by atoms with Gasteiger partial charge in [0, 0.05) is 0 Å². The molecule has 0 saturated carbocycles. The fourth-order valence-electron chi connectivity index (χ4n) is 1.84. The SMILES string of the molecule is CCC[C@H](O)Cc1cc(C(F)(F)F)cc(C(F)(F)F)c1. The Hall–Kier alpha value is -1.24. The summed E-state index contributed by atoms with van der Waals surface area (Å²) in [7, 11) is 0. The van der Waals surface area contributed by atoms with E-state index in [1.807, 2.05) is 0 Å². The molecule has 7 heteroatoms. The van der Waals surface area contributed by atoms with Crippen LogP contribution in [-0.4, -0.2) is 11.2 Å². The Kier molecular flexibility index (Phi) is 5.07. The van der Waals surface area contributed by atoms with Gasteiger partial charge in [0.25, 0.3) is 0 Å². The minimum atomic E-state index is -4.86. The van der Waals surface area contributed by atoms with Crippen LogP contribution in [0.3, 0.4) is 0 Å². The standard InChI is InChI=1S/C13H14F6O/c1-2-3-11(20)6-8-4-9(12(14,15)16)7-10(5-8)13(17,18)19/h4-5,7,11,20H,2-3,6H2,1H3/t11-/m0/s1. The molecular weight excluding hydrogens is 286 g/mol. The number of halogens is 6. The van der Waals surface area contributed by atoms with Crippen molar-refractivity contribution < 1.29 is 31.4 Å². The van der Waals surface area contributed by atoms with Gasteiger partial charge in [0.2, 0.25) is 0 Å². The normalized spacial score (nSPS) is 14.4. The van der Waals surface area contributed by atoms with Crippen molar-refractivity contribution in [3.8, 4) is 0 Å². The van der Waals surface area contributed by atoms with Crippen LogP contribution in [-0.2, 0) is 18.8 Å². The molecule has 1 N–H and O–H groups in total. The van der Waals surface area contributed by atoms with Crippen LogP contribution in [0.2, 0.25) is 0 Å². The maximum Gasteiger partial charge on any atom is 0.416 e. The monoisotopic (exact) mass is 300 g/mol. The average Bonchev–Trinajstić information content (AvgIpc) is 2.26. The Labute approximate surface area is 112 Å². The van der Waals surface area contributed by atoms with Gasteiger partial charge in [0.15, 0.2) is 0 Å². The van der Waals surface area contributed by atoms with E-state index in [0.717, 1.165) is 0 Å². The molecule has 20 heavy (non-hydrogen) atoms. The van der Waals surface area contributed by atoms with Gasteiger partial charge in [-0.05, 0) is 36.6 Å². The van der Waals surface area contributed by atoms with Gasteiger partial charge in [-0.3, -0.25) is 0 Å². The summed E-state index contributed by atoms with van der Waals surface area (Å²) in [5.41, 5.74) is -2.88. The number of alkyl halides is 6. The molecule has 0 fully saturated rings. The predicted octanol–water partition coefficient (Wildman–Crippen LogP) is 4.43. The summed E-state index contributed by atoms with van der Waals surface area (Å²) in [5.74, 6) is 0. The van der Waals surface area contributed by atoms with Crippen LogP contribution in [0, 0.1) is 0 Å². The van der Waals surface area contributed by atoms with E-state index in [-0.39, 0.29) is 18.1 Å². The van der Waals surface area contributed by atoms with Crippen LogP contribution in [0.1, 0.15) is 36.5 Å². The third kappa shape index (κ3) is 4.70. The number of benzene rings is 1. The predicted molar refractivity (Wildman–Crippen MR) is 61.1 cm³/mol. The van der Waals surface area contributed by atoms with Crippen molar-refractivity contribution in [1.82, 2.24) is 0 Å². The van der Waals surface area contributed by atoms with E-state index in [2.05, 4.69) is 0 Å². The number of aliphatic hydroxyl groups excluding tert-OH is 1. The van der Waals surface area contributed by atoms with Crippen molar-refractivity contribution in [2.75, 3.05) is 0 Å². The van der Waals surface area contributed by atoms with E-state index in [4.69, 9.17) is 0 Å². The first-order valence-electron chi connectivity index (χ1n) is 6.00. The van der Waals surface area contributed by atoms with Crippen LogP contribution >= 0.6 is 0 Å². The van der Waals surface area contributed by atoms with Gasteiger partial charge in [0.05, 0.1) is 17.2 Å². The van der Waals surface area contributed by atoms with Crippen molar-refractivity contribution in [2.24, 2.45) is 0 Å². The summed E-state index contributed by atoms with van der Waals surface area (Å²) in [6.07, 6.45) is -9.99. The fourth-order valence-corrected chi connectivity index (χ4v) is 1.84. The Morgan fingerprint density at radius 2 is 1.40 bits per heavy atom. The highest BCUT2D eigenvalue weighted by atomic mass is 19.4. The van der Waals surface area contributed by atoms with E-state index in [9.17, 15) is 31.4 Å². The lowest BCUT2D eigenvalue weighted by molar-refractivity contribution is -0.143. The van der Waals surface area contributed by atoms with Gasteiger partial charge in [-0.1, -0.05) is 13.3 Å². The van der Waals surface area contributed by atoms with Gasteiger partial charge in [-0.25, -0.2) is 0 Å². The second-order valence-electron chi connectivity index (χ2n) is 4.56. The van der Waals surface area contributed by atoms with E-state index >= 15 is 0 Å². The highest BCUT2D eigenvalue weighted by Crippen LogP contribution is 2.36. The van der Waals surface area contributed by atoms with Crippen molar-refractivity contribution in [3.63, 3.8) is 0 Å². The lowest BCUT2D eigenvalue weighted by atomic mass is 9.99. The summed E-state index contributed by atoms with van der Waals surface area (Å²) in [4.78, 5) is 0. The molecule has 0 aromatic heterocycles. The van der Waals surface area contributed by atoms with Crippen LogP contribution in [0.4, 0.5) is 26.3 Å². The molecule has 0 saturated heterocycles. The number of hydrogen-bond donors (Lipinski definition) is 1. The topological polar surface area (TPSA) is 20.2 Å². The molecule has 1 rings (SSSR count). The number of rotatable bonds is 4. The summed E-state index contributed by atoms with van der Waals surface area (Å²) < 4.78 is 75.6. The fraction of sp³-hybridized carbons (Fsp3) is 0.538. The Morgan fingerprint density at radius 3 is 1.75 bits per heavy atom. The Morgan fingerprint density at radius 1 is 0.950 bits per heavy atom. The third-order valence-electron chi connectivity index (χ3n) is 2.74. The lowest BCUT2D eigenvalue weighted by Crippen LogP contribution is -2.15. The molecule has 0 heterocycles. The quantitative estimate of drug-likeness (QED) is 0.816. The first-order chi connectivity index (χ1) is 9.04. The van der Waals surface area contributed by atoms with E-state index in [1.54, 1.807) is 6.92 Å². The number of aliphatic hydroxyl groups is 1. The van der Waals surface area contributed by atoms with E-state index < -0.39 is 29.6 Å². The minimum Gasteiger partial charge on any atom is -0.393 e. The highest BCUT2D eigenvalue weighted by molar-refractivity contribution is 5.34. The molecule has 0 bridgehead atoms. The van der Waals surface area contributed by atoms with Crippen molar-refractivity contribution >= 4 is 0 Å². The third-order valence-corrected chi connectivity index (χ3v) is 2.74. The zero-order chi connectivity index (χ0) is 15.6. The Balaban J connectivity index is 3.17. The first-order valence-corrected chi connectivity index (χ1v) is 6.00. The van der Waals surface area contributed by atoms with Gasteiger partial charge in [-0.15, -0.1) is 0 Å². The van der Waals surface area contributed by atoms with E-state index in [1.165, 1.54) is 0 Å². The van der Waals surface area contributed by atoms with Crippen LogP contribution in [0.15, 0.2) is 18.2 Å². The average molecular weight is 300 g/mol. The zero-order valence-electron chi connectivity index (χ0n) is 10.6. The van der Waals surface area contributed by atoms with Crippen LogP contribution in [0.5, 0.6) is 0 Å². The Bertz CT molecular complexity index is 417. The molecule has 0 unspecified atom stereocenters. The summed E-state index contributed by atoms with van der Waals surface area (Å²) >= 11 is 0. The lowest BCUT2D eigenvalue weighted by Gasteiger charge is -2.16. The van der Waals surface area contributed by atoms with Gasteiger partial charge in [-0.2, -0.15) is 26.3 Å². The zero-order valence-corrected chi connectivity index (χ0v) is 10.6. The molecule has 0 amide bonds.